The van der Waals surface area contributed by atoms with Crippen molar-refractivity contribution in [2.24, 2.45) is 0 Å². The molecule has 0 amide bonds. The van der Waals surface area contributed by atoms with Crippen molar-refractivity contribution < 1.29 is 14.3 Å². The molecule has 0 heterocycles. The lowest BCUT2D eigenvalue weighted by atomic mass is 10.1. The van der Waals surface area contributed by atoms with Crippen LogP contribution in [0.4, 0.5) is 4.39 Å². The van der Waals surface area contributed by atoms with Gasteiger partial charge in [-0.3, -0.25) is 0 Å². The summed E-state index contributed by atoms with van der Waals surface area (Å²) >= 11 is 0. The van der Waals surface area contributed by atoms with Gasteiger partial charge >= 0.3 is 5.97 Å². The highest BCUT2D eigenvalue weighted by molar-refractivity contribution is 5.91. The first-order valence-electron chi connectivity index (χ1n) is 4.76. The molecule has 3 heteroatoms. The first-order chi connectivity index (χ1) is 7.66. The monoisotopic (exact) mass is 216 g/mol. The van der Waals surface area contributed by atoms with Crippen molar-refractivity contribution in [2.45, 2.75) is 0 Å². The minimum atomic E-state index is -1.55. The third-order valence-electron chi connectivity index (χ3n) is 2.27. The van der Waals surface area contributed by atoms with Gasteiger partial charge < -0.3 is 5.11 Å². The van der Waals surface area contributed by atoms with Crippen LogP contribution >= 0.6 is 0 Å². The number of aliphatic carboxylic acids is 1. The lowest BCUT2D eigenvalue weighted by Gasteiger charge is -1.99. The summed E-state index contributed by atoms with van der Waals surface area (Å²) in [6.45, 7) is 0. The van der Waals surface area contributed by atoms with Crippen LogP contribution in [0, 0.1) is 0 Å². The lowest BCUT2D eigenvalue weighted by Crippen LogP contribution is -1.93. The average Bonchev–Trinajstić information content (AvgIpc) is 2.28. The van der Waals surface area contributed by atoms with Gasteiger partial charge in [0.2, 0.25) is 5.83 Å². The Balaban J connectivity index is 2.47. The maximum Gasteiger partial charge on any atom is 0.364 e. The fourth-order valence-electron chi connectivity index (χ4n) is 1.51. The number of hydrogen-bond acceptors (Lipinski definition) is 1. The summed E-state index contributed by atoms with van der Waals surface area (Å²) in [4.78, 5) is 10.3. The van der Waals surface area contributed by atoms with E-state index in [0.717, 1.165) is 16.8 Å². The van der Waals surface area contributed by atoms with E-state index in [1.807, 2.05) is 30.3 Å². The molecule has 0 spiro atoms. The number of carboxylic acid groups (broad SMARTS) is 1. The number of rotatable bonds is 2. The van der Waals surface area contributed by atoms with Crippen molar-refractivity contribution in [1.82, 2.24) is 0 Å². The van der Waals surface area contributed by atoms with Crippen LogP contribution in [0.3, 0.4) is 0 Å². The molecule has 2 nitrogen and oxygen atoms in total. The molecule has 0 aliphatic heterocycles. The molecule has 0 aliphatic rings. The fraction of sp³-hybridized carbons (Fsp3) is 0. The molecule has 0 atom stereocenters. The van der Waals surface area contributed by atoms with Gasteiger partial charge in [-0.05, 0) is 28.5 Å². The Kier molecular flexibility index (Phi) is 2.68. The summed E-state index contributed by atoms with van der Waals surface area (Å²) < 4.78 is 12.9. The standard InChI is InChI=1S/C13H9FO2/c14-12(13(15)16)8-9-5-6-10-3-1-2-4-11(10)7-9/h1-8H,(H,15,16)/b12-8-. The fourth-order valence-corrected chi connectivity index (χ4v) is 1.51. The number of carboxylic acids is 1. The van der Waals surface area contributed by atoms with E-state index in [-0.39, 0.29) is 0 Å². The zero-order valence-electron chi connectivity index (χ0n) is 8.35. The van der Waals surface area contributed by atoms with E-state index in [9.17, 15) is 9.18 Å². The van der Waals surface area contributed by atoms with Gasteiger partial charge in [-0.25, -0.2) is 4.79 Å². The smallest absolute Gasteiger partial charge is 0.364 e. The molecule has 0 fully saturated rings. The highest BCUT2D eigenvalue weighted by Gasteiger charge is 2.04. The third kappa shape index (κ3) is 2.08. The van der Waals surface area contributed by atoms with E-state index in [1.165, 1.54) is 0 Å². The molecule has 2 aromatic carbocycles. The topological polar surface area (TPSA) is 37.3 Å². The van der Waals surface area contributed by atoms with Gasteiger partial charge in [0.15, 0.2) is 0 Å². The zero-order chi connectivity index (χ0) is 11.5. The first-order valence-corrected chi connectivity index (χ1v) is 4.76. The van der Waals surface area contributed by atoms with E-state index in [2.05, 4.69) is 0 Å². The Bertz CT molecular complexity index is 573. The summed E-state index contributed by atoms with van der Waals surface area (Å²) in [7, 11) is 0. The molecule has 16 heavy (non-hydrogen) atoms. The molecule has 0 bridgehead atoms. The highest BCUT2D eigenvalue weighted by atomic mass is 19.1. The number of halogens is 1. The summed E-state index contributed by atoms with van der Waals surface area (Å²) in [6, 6.07) is 12.9. The van der Waals surface area contributed by atoms with Crippen molar-refractivity contribution in [3.8, 4) is 0 Å². The largest absolute Gasteiger partial charge is 0.476 e. The van der Waals surface area contributed by atoms with Gasteiger partial charge in [0.25, 0.3) is 0 Å². The van der Waals surface area contributed by atoms with Crippen LogP contribution in [-0.4, -0.2) is 11.1 Å². The highest BCUT2D eigenvalue weighted by Crippen LogP contribution is 2.17. The summed E-state index contributed by atoms with van der Waals surface area (Å²) in [5.74, 6) is -2.71. The van der Waals surface area contributed by atoms with Crippen molar-refractivity contribution in [1.29, 1.82) is 0 Å². The molecular weight excluding hydrogens is 207 g/mol. The van der Waals surface area contributed by atoms with Crippen LogP contribution in [0.15, 0.2) is 48.3 Å². The van der Waals surface area contributed by atoms with E-state index in [1.54, 1.807) is 12.1 Å². The van der Waals surface area contributed by atoms with Gasteiger partial charge in [-0.15, -0.1) is 0 Å². The molecule has 0 aliphatic carbocycles. The van der Waals surface area contributed by atoms with Crippen LogP contribution in [0.25, 0.3) is 16.8 Å². The summed E-state index contributed by atoms with van der Waals surface area (Å²) in [6.07, 6.45) is 1.01. The number of fused-ring (bicyclic) bond motifs is 1. The zero-order valence-corrected chi connectivity index (χ0v) is 8.35. The maximum atomic E-state index is 12.9. The second-order valence-corrected chi connectivity index (χ2v) is 3.40. The minimum absolute atomic E-state index is 0.540. The molecule has 0 saturated carbocycles. The van der Waals surface area contributed by atoms with Gasteiger partial charge in [-0.2, -0.15) is 4.39 Å². The molecule has 80 valence electrons. The Morgan fingerprint density at radius 2 is 1.81 bits per heavy atom. The van der Waals surface area contributed by atoms with Crippen LogP contribution in [0.5, 0.6) is 0 Å². The van der Waals surface area contributed by atoms with E-state index >= 15 is 0 Å². The molecule has 0 unspecified atom stereocenters. The van der Waals surface area contributed by atoms with Gasteiger partial charge in [0, 0.05) is 0 Å². The Hall–Kier alpha value is -2.16. The molecule has 0 radical (unpaired) electrons. The SMILES string of the molecule is O=C(O)/C(F)=C/c1ccc2ccccc2c1. The minimum Gasteiger partial charge on any atom is -0.476 e. The number of carbonyl (C=O) groups is 1. The summed E-state index contributed by atoms with van der Waals surface area (Å²) in [5.41, 5.74) is 0.540. The van der Waals surface area contributed by atoms with Crippen LogP contribution in [0.2, 0.25) is 0 Å². The van der Waals surface area contributed by atoms with E-state index in [4.69, 9.17) is 5.11 Å². The first kappa shape index (κ1) is 10.4. The molecule has 1 N–H and O–H groups in total. The molecule has 0 saturated heterocycles. The number of benzene rings is 2. The Labute approximate surface area is 91.6 Å². The maximum absolute atomic E-state index is 12.9. The number of hydrogen-bond donors (Lipinski definition) is 1. The Morgan fingerprint density at radius 3 is 2.50 bits per heavy atom. The average molecular weight is 216 g/mol. The predicted molar refractivity (Wildman–Crippen MR) is 60.7 cm³/mol. The van der Waals surface area contributed by atoms with Crippen molar-refractivity contribution in [3.63, 3.8) is 0 Å². The van der Waals surface area contributed by atoms with Crippen LogP contribution in [0.1, 0.15) is 5.56 Å². The van der Waals surface area contributed by atoms with Crippen molar-refractivity contribution in [3.05, 3.63) is 53.9 Å². The third-order valence-corrected chi connectivity index (χ3v) is 2.27. The molecule has 0 aromatic heterocycles. The van der Waals surface area contributed by atoms with Gasteiger partial charge in [-0.1, -0.05) is 36.4 Å². The molecule has 2 rings (SSSR count). The van der Waals surface area contributed by atoms with E-state index in [0.29, 0.717) is 5.56 Å². The normalized spacial score (nSPS) is 11.7. The van der Waals surface area contributed by atoms with Gasteiger partial charge in [0.1, 0.15) is 0 Å². The molecule has 2 aromatic rings. The second kappa shape index (κ2) is 4.14. The Morgan fingerprint density at radius 1 is 1.12 bits per heavy atom. The van der Waals surface area contributed by atoms with Crippen LogP contribution in [-0.2, 0) is 4.79 Å². The van der Waals surface area contributed by atoms with Gasteiger partial charge in [0.05, 0.1) is 0 Å². The molecular formula is C13H9FO2. The quantitative estimate of drug-likeness (QED) is 0.782. The lowest BCUT2D eigenvalue weighted by molar-refractivity contribution is -0.134. The van der Waals surface area contributed by atoms with Crippen molar-refractivity contribution in [2.75, 3.05) is 0 Å². The summed E-state index contributed by atoms with van der Waals surface area (Å²) in [5, 5.41) is 10.4. The van der Waals surface area contributed by atoms with Crippen LogP contribution < -0.4 is 0 Å². The second-order valence-electron chi connectivity index (χ2n) is 3.40. The van der Waals surface area contributed by atoms with E-state index < -0.39 is 11.8 Å². The predicted octanol–water partition coefficient (Wildman–Crippen LogP) is 3.23. The van der Waals surface area contributed by atoms with Crippen molar-refractivity contribution >= 4 is 22.8 Å².